The summed E-state index contributed by atoms with van der Waals surface area (Å²) < 4.78 is 2.27. The van der Waals surface area contributed by atoms with Gasteiger partial charge in [0.25, 0.3) is 0 Å². The van der Waals surface area contributed by atoms with Crippen molar-refractivity contribution in [3.63, 3.8) is 0 Å². The maximum absolute atomic E-state index is 5.21. The zero-order chi connectivity index (χ0) is 54.3. The molecule has 1 heterocycles. The third-order valence-electron chi connectivity index (χ3n) is 17.4. The summed E-state index contributed by atoms with van der Waals surface area (Å²) in [4.78, 5) is 5.21. The molecule has 0 amide bonds. The largest absolute Gasteiger partial charge is 0.292 e. The fourth-order valence-electron chi connectivity index (χ4n) is 13.5. The number of nitrogens with zero attached hydrogens (tertiary/aromatic N) is 2. The highest BCUT2D eigenvalue weighted by Gasteiger charge is 2.23. The molecule has 0 N–H and O–H groups in total. The van der Waals surface area contributed by atoms with Crippen LogP contribution in [-0.2, 0) is 0 Å². The molecule has 0 fully saturated rings. The van der Waals surface area contributed by atoms with Gasteiger partial charge in [0.2, 0.25) is 0 Å². The lowest BCUT2D eigenvalue weighted by molar-refractivity contribution is 0.772. The number of para-hydroxylation sites is 3. The Balaban J connectivity index is 0.876. The molecule has 14 aromatic carbocycles. The minimum Gasteiger partial charge on any atom is -0.292 e. The summed E-state index contributed by atoms with van der Waals surface area (Å²) >= 11 is 0. The third-order valence-corrected chi connectivity index (χ3v) is 17.4. The maximum atomic E-state index is 5.21. The van der Waals surface area contributed by atoms with E-state index in [-0.39, 0.29) is 0 Å². The van der Waals surface area contributed by atoms with E-state index >= 15 is 0 Å². The van der Waals surface area contributed by atoms with Crippen molar-refractivity contribution in [3.05, 3.63) is 296 Å². The molecule has 1 aromatic heterocycles. The Hall–Kier alpha value is -10.4. The lowest BCUT2D eigenvalue weighted by Crippen LogP contribution is -1.99. The molecule has 82 heavy (non-hydrogen) atoms. The van der Waals surface area contributed by atoms with Gasteiger partial charge in [-0.1, -0.05) is 256 Å². The molecule has 0 bridgehead atoms. The van der Waals surface area contributed by atoms with E-state index in [4.69, 9.17) is 4.98 Å². The molecule has 0 saturated heterocycles. The number of imidazole rings is 1. The molecule has 0 spiro atoms. The lowest BCUT2D eigenvalue weighted by Gasteiger charge is -2.21. The third kappa shape index (κ3) is 7.90. The molecule has 0 saturated carbocycles. The Kier molecular flexibility index (Phi) is 11.3. The van der Waals surface area contributed by atoms with Gasteiger partial charge in [0.15, 0.2) is 0 Å². The number of allylic oxidation sites excluding steroid dienone is 1. The van der Waals surface area contributed by atoms with E-state index in [1.54, 1.807) is 0 Å². The smallest absolute Gasteiger partial charge is 0.145 e. The molecular formula is C80H54N2. The van der Waals surface area contributed by atoms with Crippen LogP contribution in [0.4, 0.5) is 0 Å². The molecule has 384 valence electrons. The van der Waals surface area contributed by atoms with Crippen molar-refractivity contribution in [3.8, 4) is 83.8 Å². The van der Waals surface area contributed by atoms with E-state index in [9.17, 15) is 0 Å². The molecule has 16 rings (SSSR count). The van der Waals surface area contributed by atoms with E-state index in [2.05, 4.69) is 303 Å². The second-order valence-corrected chi connectivity index (χ2v) is 22.2. The number of aromatic nitrogens is 2. The zero-order valence-corrected chi connectivity index (χ0v) is 45.4. The van der Waals surface area contributed by atoms with E-state index in [0.717, 1.165) is 34.5 Å². The van der Waals surface area contributed by atoms with Gasteiger partial charge in [-0.3, -0.25) is 4.57 Å². The average molecular weight is 1040 g/mol. The minimum atomic E-state index is 0.532. The number of rotatable bonds is 8. The van der Waals surface area contributed by atoms with Gasteiger partial charge in [0.1, 0.15) is 5.82 Å². The molecule has 0 unspecified atom stereocenters. The van der Waals surface area contributed by atoms with Crippen molar-refractivity contribution in [1.82, 2.24) is 9.55 Å². The summed E-state index contributed by atoms with van der Waals surface area (Å²) in [6.07, 6.45) is 5.71. The summed E-state index contributed by atoms with van der Waals surface area (Å²) in [6.45, 7) is 2.33. The van der Waals surface area contributed by atoms with Crippen LogP contribution in [0.25, 0.3) is 155 Å². The highest BCUT2D eigenvalue weighted by molar-refractivity contribution is 6.25. The molecule has 1 aliphatic carbocycles. The molecule has 1 atom stereocenters. The molecular weight excluding hydrogens is 989 g/mol. The van der Waals surface area contributed by atoms with Gasteiger partial charge < -0.3 is 0 Å². The Morgan fingerprint density at radius 2 is 0.768 bits per heavy atom. The van der Waals surface area contributed by atoms with Gasteiger partial charge in [-0.15, -0.1) is 0 Å². The van der Waals surface area contributed by atoms with E-state index in [1.807, 2.05) is 0 Å². The van der Waals surface area contributed by atoms with Gasteiger partial charge in [-0.2, -0.15) is 0 Å². The fourth-order valence-corrected chi connectivity index (χ4v) is 13.5. The van der Waals surface area contributed by atoms with Crippen molar-refractivity contribution in [2.75, 3.05) is 0 Å². The fraction of sp³-hybridized carbons (Fsp3) is 0.0375. The number of hydrogen-bond donors (Lipinski definition) is 0. The van der Waals surface area contributed by atoms with Crippen molar-refractivity contribution < 1.29 is 0 Å². The van der Waals surface area contributed by atoms with Gasteiger partial charge in [0.05, 0.1) is 11.0 Å². The normalized spacial score (nSPS) is 13.2. The quantitative estimate of drug-likeness (QED) is 0.139. The zero-order valence-electron chi connectivity index (χ0n) is 45.4. The predicted octanol–water partition coefficient (Wildman–Crippen LogP) is 22.0. The average Bonchev–Trinajstić information content (AvgIpc) is 4.05. The maximum Gasteiger partial charge on any atom is 0.145 e. The van der Waals surface area contributed by atoms with Crippen LogP contribution in [0.1, 0.15) is 30.4 Å². The summed E-state index contributed by atoms with van der Waals surface area (Å²) in [5.41, 5.74) is 21.5. The van der Waals surface area contributed by atoms with Crippen LogP contribution in [-0.4, -0.2) is 9.55 Å². The summed E-state index contributed by atoms with van der Waals surface area (Å²) in [5, 5.41) is 12.3. The lowest BCUT2D eigenvalue weighted by atomic mass is 9.82. The minimum absolute atomic E-state index is 0.532. The SMILES string of the molecule is C[C@H]1CC=Cc2cc(-c3ccc(-c4c5ccccc5c(-c5ccc(-c6ccc7ccccc7c6)cc5)c5ccc(-c6c7ccccc7c(-c7ccc(-c8nc9ccccc9n8-c8ccccc8)cc7)c7ccccc67)cc45)cc3)ccc21. The predicted molar refractivity (Wildman–Crippen MR) is 349 cm³/mol. The standard InChI is InChI=1S/C80H54N2/c1-51-16-15-19-62-49-61(44-46-65(51)62)54-32-37-57(38-33-54)78-69-25-10-7-22-66(69)77(55-35-30-53(31-36-55)60-43-34-52-17-5-6-18-59(52)48-60)72-47-45-63(50-73(72)78)79-70-26-11-8-23-67(70)76(68-24-9-12-27-71(68)79)56-39-41-58(42-40-56)80-81-74-28-13-14-29-75(74)82(80)64-20-3-2-4-21-64/h2-15,17-51H,16H2,1H3/t51-/m0/s1. The monoisotopic (exact) mass is 1040 g/mol. The second kappa shape index (κ2) is 19.4. The highest BCUT2D eigenvalue weighted by atomic mass is 15.1. The second-order valence-electron chi connectivity index (χ2n) is 22.2. The number of benzene rings is 14. The van der Waals surface area contributed by atoms with E-state index in [1.165, 1.54) is 132 Å². The van der Waals surface area contributed by atoms with E-state index < -0.39 is 0 Å². The number of fused-ring (bicyclic) bond motifs is 7. The van der Waals surface area contributed by atoms with Crippen LogP contribution >= 0.6 is 0 Å². The van der Waals surface area contributed by atoms with Crippen molar-refractivity contribution >= 4 is 71.0 Å². The Labute approximate surface area is 477 Å². The van der Waals surface area contributed by atoms with Crippen LogP contribution < -0.4 is 0 Å². The first-order valence-corrected chi connectivity index (χ1v) is 28.6. The Morgan fingerprint density at radius 3 is 1.38 bits per heavy atom. The first-order chi connectivity index (χ1) is 40.6. The Bertz CT molecular complexity index is 4990. The first-order valence-electron chi connectivity index (χ1n) is 28.6. The van der Waals surface area contributed by atoms with Crippen molar-refractivity contribution in [1.29, 1.82) is 0 Å². The molecule has 2 nitrogen and oxygen atoms in total. The van der Waals surface area contributed by atoms with Crippen LogP contribution in [0.5, 0.6) is 0 Å². The molecule has 2 heteroatoms. The van der Waals surface area contributed by atoms with Crippen LogP contribution in [0.3, 0.4) is 0 Å². The van der Waals surface area contributed by atoms with Gasteiger partial charge in [0, 0.05) is 11.3 Å². The Morgan fingerprint density at radius 1 is 0.329 bits per heavy atom. The van der Waals surface area contributed by atoms with Crippen molar-refractivity contribution in [2.24, 2.45) is 0 Å². The van der Waals surface area contributed by atoms with Crippen LogP contribution in [0.2, 0.25) is 0 Å². The van der Waals surface area contributed by atoms with Gasteiger partial charge in [-0.05, 0) is 187 Å². The van der Waals surface area contributed by atoms with E-state index in [0.29, 0.717) is 5.92 Å². The first kappa shape index (κ1) is 47.6. The van der Waals surface area contributed by atoms with Crippen LogP contribution in [0.15, 0.2) is 285 Å². The molecule has 1 aliphatic rings. The number of hydrogen-bond acceptors (Lipinski definition) is 1. The highest BCUT2D eigenvalue weighted by Crippen LogP contribution is 2.49. The summed E-state index contributed by atoms with van der Waals surface area (Å²) in [5.74, 6) is 1.45. The summed E-state index contributed by atoms with van der Waals surface area (Å²) in [6, 6.07) is 103. The van der Waals surface area contributed by atoms with Gasteiger partial charge in [-0.25, -0.2) is 4.98 Å². The molecule has 0 radical (unpaired) electrons. The van der Waals surface area contributed by atoms with Crippen LogP contribution in [0, 0.1) is 0 Å². The molecule has 15 aromatic rings. The van der Waals surface area contributed by atoms with Gasteiger partial charge >= 0.3 is 0 Å². The molecule has 0 aliphatic heterocycles. The van der Waals surface area contributed by atoms with Crippen molar-refractivity contribution in [2.45, 2.75) is 19.3 Å². The topological polar surface area (TPSA) is 17.8 Å². The summed E-state index contributed by atoms with van der Waals surface area (Å²) in [7, 11) is 0.